The van der Waals surface area contributed by atoms with Crippen molar-refractivity contribution >= 4 is 0 Å². The quantitative estimate of drug-likeness (QED) is 0.849. The number of hydrogen-bond donors (Lipinski definition) is 1. The van der Waals surface area contributed by atoms with Crippen LogP contribution in [0.2, 0.25) is 0 Å². The molecule has 2 rings (SSSR count). The van der Waals surface area contributed by atoms with E-state index in [1.807, 2.05) is 26.0 Å². The van der Waals surface area contributed by atoms with Crippen LogP contribution in [0.3, 0.4) is 0 Å². The van der Waals surface area contributed by atoms with Crippen molar-refractivity contribution < 1.29 is 5.11 Å². The summed E-state index contributed by atoms with van der Waals surface area (Å²) in [5.41, 5.74) is 3.97. The number of benzene rings is 2. The van der Waals surface area contributed by atoms with Crippen LogP contribution in [-0.4, -0.2) is 5.11 Å². The number of rotatable bonds is 4. The van der Waals surface area contributed by atoms with Gasteiger partial charge in [0.2, 0.25) is 0 Å². The molecule has 0 saturated carbocycles. The lowest BCUT2D eigenvalue weighted by molar-refractivity contribution is 0.0786. The van der Waals surface area contributed by atoms with Crippen LogP contribution in [0, 0.1) is 0 Å². The second-order valence-electron chi connectivity index (χ2n) is 5.58. The molecule has 0 unspecified atom stereocenters. The third-order valence-electron chi connectivity index (χ3n) is 3.42. The minimum atomic E-state index is -0.774. The maximum absolute atomic E-state index is 9.95. The molecule has 1 heteroatoms. The summed E-state index contributed by atoms with van der Waals surface area (Å²) in [7, 11) is 0. The molecular weight excluding hydrogens is 232 g/mol. The zero-order chi connectivity index (χ0) is 13.9. The topological polar surface area (TPSA) is 20.2 Å². The highest BCUT2D eigenvalue weighted by Crippen LogP contribution is 2.25. The zero-order valence-corrected chi connectivity index (χ0v) is 12.0. The molecule has 0 saturated heterocycles. The Hall–Kier alpha value is -1.60. The second-order valence-corrected chi connectivity index (χ2v) is 5.58. The molecule has 1 N–H and O–H groups in total. The highest BCUT2D eigenvalue weighted by molar-refractivity contribution is 5.64. The molecule has 0 aromatic heterocycles. The van der Waals surface area contributed by atoms with Gasteiger partial charge in [-0.15, -0.1) is 0 Å². The van der Waals surface area contributed by atoms with Crippen LogP contribution < -0.4 is 0 Å². The molecule has 19 heavy (non-hydrogen) atoms. The van der Waals surface area contributed by atoms with E-state index in [-0.39, 0.29) is 0 Å². The fraction of sp³-hybridized carbons (Fsp3) is 0.333. The van der Waals surface area contributed by atoms with E-state index in [2.05, 4.69) is 43.3 Å². The van der Waals surface area contributed by atoms with Crippen molar-refractivity contribution in [3.8, 4) is 11.1 Å². The Balaban J connectivity index is 2.22. The van der Waals surface area contributed by atoms with Gasteiger partial charge < -0.3 is 5.11 Å². The first kappa shape index (κ1) is 13.8. The van der Waals surface area contributed by atoms with Crippen LogP contribution in [-0.2, 0) is 12.0 Å². The van der Waals surface area contributed by atoms with Gasteiger partial charge in [-0.05, 0) is 42.5 Å². The molecule has 0 amide bonds. The van der Waals surface area contributed by atoms with Crippen molar-refractivity contribution in [1.29, 1.82) is 0 Å². The van der Waals surface area contributed by atoms with Crippen LogP contribution in [0.25, 0.3) is 11.1 Å². The average Bonchev–Trinajstić information content (AvgIpc) is 2.39. The summed E-state index contributed by atoms with van der Waals surface area (Å²) < 4.78 is 0. The van der Waals surface area contributed by atoms with Gasteiger partial charge in [0.1, 0.15) is 0 Å². The van der Waals surface area contributed by atoms with Crippen LogP contribution in [0.4, 0.5) is 0 Å². The highest BCUT2D eigenvalue weighted by Gasteiger charge is 2.15. The van der Waals surface area contributed by atoms with E-state index in [4.69, 9.17) is 0 Å². The Labute approximate surface area is 115 Å². The molecule has 0 atom stereocenters. The van der Waals surface area contributed by atoms with E-state index in [1.54, 1.807) is 0 Å². The van der Waals surface area contributed by atoms with Crippen LogP contribution >= 0.6 is 0 Å². The normalized spacial score (nSPS) is 11.6. The molecule has 0 aliphatic carbocycles. The van der Waals surface area contributed by atoms with Crippen molar-refractivity contribution in [2.24, 2.45) is 0 Å². The van der Waals surface area contributed by atoms with Crippen molar-refractivity contribution in [3.05, 3.63) is 59.7 Å². The van der Waals surface area contributed by atoms with Crippen molar-refractivity contribution in [3.63, 3.8) is 0 Å². The van der Waals surface area contributed by atoms with E-state index < -0.39 is 5.60 Å². The molecule has 1 nitrogen and oxygen atoms in total. The van der Waals surface area contributed by atoms with Gasteiger partial charge in [0.15, 0.2) is 0 Å². The molecule has 2 aromatic carbocycles. The zero-order valence-electron chi connectivity index (χ0n) is 12.0. The van der Waals surface area contributed by atoms with E-state index in [1.165, 1.54) is 23.1 Å². The standard InChI is InChI=1S/C18H22O/c1-4-5-14-6-8-15(9-7-14)16-10-12-17(13-11-16)18(2,3)19/h6-13,19H,4-5H2,1-3H3. The maximum atomic E-state index is 9.95. The first-order valence-electron chi connectivity index (χ1n) is 6.93. The van der Waals surface area contributed by atoms with Crippen LogP contribution in [0.15, 0.2) is 48.5 Å². The molecule has 0 aliphatic heterocycles. The van der Waals surface area contributed by atoms with Gasteiger partial charge in [0, 0.05) is 0 Å². The number of aliphatic hydroxyl groups is 1. The summed E-state index contributed by atoms with van der Waals surface area (Å²) in [4.78, 5) is 0. The van der Waals surface area contributed by atoms with E-state index in [0.717, 1.165) is 12.0 Å². The Kier molecular flexibility index (Phi) is 4.06. The molecule has 0 fully saturated rings. The van der Waals surface area contributed by atoms with Gasteiger partial charge in [-0.3, -0.25) is 0 Å². The molecule has 0 bridgehead atoms. The van der Waals surface area contributed by atoms with Crippen LogP contribution in [0.5, 0.6) is 0 Å². The summed E-state index contributed by atoms with van der Waals surface area (Å²) in [6.45, 7) is 5.81. The lowest BCUT2D eigenvalue weighted by Gasteiger charge is -2.18. The fourth-order valence-corrected chi connectivity index (χ4v) is 2.22. The van der Waals surface area contributed by atoms with E-state index in [9.17, 15) is 5.11 Å². The predicted octanol–water partition coefficient (Wildman–Crippen LogP) is 4.53. The summed E-state index contributed by atoms with van der Waals surface area (Å²) in [5.74, 6) is 0. The Morgan fingerprint density at radius 3 is 1.74 bits per heavy atom. The maximum Gasteiger partial charge on any atom is 0.0840 e. The monoisotopic (exact) mass is 254 g/mol. The molecular formula is C18H22O. The summed E-state index contributed by atoms with van der Waals surface area (Å²) >= 11 is 0. The van der Waals surface area contributed by atoms with Gasteiger partial charge in [0.25, 0.3) is 0 Å². The minimum Gasteiger partial charge on any atom is -0.386 e. The number of hydrogen-bond acceptors (Lipinski definition) is 1. The number of aryl methyl sites for hydroxylation is 1. The first-order valence-corrected chi connectivity index (χ1v) is 6.93. The molecule has 2 aromatic rings. The SMILES string of the molecule is CCCc1ccc(-c2ccc(C(C)(C)O)cc2)cc1. The van der Waals surface area contributed by atoms with Crippen molar-refractivity contribution in [2.45, 2.75) is 39.2 Å². The average molecular weight is 254 g/mol. The lowest BCUT2D eigenvalue weighted by atomic mass is 9.95. The van der Waals surface area contributed by atoms with Gasteiger partial charge >= 0.3 is 0 Å². The van der Waals surface area contributed by atoms with E-state index in [0.29, 0.717) is 0 Å². The smallest absolute Gasteiger partial charge is 0.0840 e. The summed E-state index contributed by atoms with van der Waals surface area (Å²) in [6.07, 6.45) is 2.32. The predicted molar refractivity (Wildman–Crippen MR) is 81.1 cm³/mol. The minimum absolute atomic E-state index is 0.774. The lowest BCUT2D eigenvalue weighted by Crippen LogP contribution is -2.14. The van der Waals surface area contributed by atoms with Gasteiger partial charge in [0.05, 0.1) is 5.60 Å². The Bertz CT molecular complexity index is 515. The third-order valence-corrected chi connectivity index (χ3v) is 3.42. The largest absolute Gasteiger partial charge is 0.386 e. The molecule has 0 aliphatic rings. The van der Waals surface area contributed by atoms with Gasteiger partial charge in [-0.25, -0.2) is 0 Å². The van der Waals surface area contributed by atoms with Crippen molar-refractivity contribution in [1.82, 2.24) is 0 Å². The molecule has 0 radical (unpaired) electrons. The highest BCUT2D eigenvalue weighted by atomic mass is 16.3. The molecule has 100 valence electrons. The van der Waals surface area contributed by atoms with Gasteiger partial charge in [-0.1, -0.05) is 61.9 Å². The Morgan fingerprint density at radius 2 is 1.32 bits per heavy atom. The second kappa shape index (κ2) is 5.58. The van der Waals surface area contributed by atoms with Crippen LogP contribution in [0.1, 0.15) is 38.3 Å². The molecule has 0 heterocycles. The third kappa shape index (κ3) is 3.45. The fourth-order valence-electron chi connectivity index (χ4n) is 2.22. The van der Waals surface area contributed by atoms with Gasteiger partial charge in [-0.2, -0.15) is 0 Å². The summed E-state index contributed by atoms with van der Waals surface area (Å²) in [5, 5.41) is 9.95. The molecule has 0 spiro atoms. The Morgan fingerprint density at radius 1 is 0.842 bits per heavy atom. The van der Waals surface area contributed by atoms with Crippen molar-refractivity contribution in [2.75, 3.05) is 0 Å². The van der Waals surface area contributed by atoms with E-state index >= 15 is 0 Å². The summed E-state index contributed by atoms with van der Waals surface area (Å²) in [6, 6.07) is 16.9. The first-order chi connectivity index (χ1) is 9.00.